The third-order valence-corrected chi connectivity index (χ3v) is 20.1. The summed E-state index contributed by atoms with van der Waals surface area (Å²) in [5, 5.41) is 10.9. The zero-order valence-corrected chi connectivity index (χ0v) is 89.7. The summed E-state index contributed by atoms with van der Waals surface area (Å²) in [6.45, 7) is 20.0. The van der Waals surface area contributed by atoms with E-state index in [1.807, 2.05) is 0 Å². The van der Waals surface area contributed by atoms with Crippen LogP contribution in [0.2, 0.25) is 0 Å². The standard InChI is InChI=1S/C81H130Br9N5O31/c1-69(2,82)60(102)118-45-79(46-119-61(103)70(3,4)83,47-120-62(104)71(5,6)84)42-115-36-55(97)21-19-20-54(96)22-25-78(41-114-35-34-113-33-32-112-31-30-111-29-26-91,39-94-56(98)23-27-92-58(100)37-116-43-80(48-121-63(105)72(7,8)85,49-122-64(106)73(9,10)86)50-123-65(107)74(11,12)87)40-95-57(99)24-28-93-59(101)38-117-44-81(51-124-66(108)75(13,14)88,52-125-67(109)76(15,16)89)53-126-68(110)77(17,18)90/h19-53,91H2,1-18H3,(H,92,100)(H,93,101)(H,94,98)(H,95,99). The average Bonchev–Trinajstić information content (AvgIpc) is 0.836. The van der Waals surface area contributed by atoms with Crippen molar-refractivity contribution in [3.05, 3.63) is 0 Å². The molecule has 36 nitrogen and oxygen atoms in total. The number of amides is 4. The van der Waals surface area contributed by atoms with Crippen LogP contribution >= 0.6 is 143 Å². The number of hydrogen-bond acceptors (Lipinski definition) is 32. The first kappa shape index (κ1) is 122. The Hall–Kier alpha value is -3.55. The SMILES string of the molecule is CC(C)(Br)C(=O)OCC(COCC(=O)CCCC(=O)CCC(CNC(=O)CCNC(=O)COCC(COC(=O)C(C)(C)Br)(COC(=O)C(C)(C)Br)COC(=O)C(C)(C)Br)(CNC(=O)CCNC(=O)COCC(COC(=O)C(C)(C)Br)(COC(=O)C(C)(C)Br)COC(=O)C(C)(C)Br)COCCOCCOCCOCCN)(COC(=O)C(C)(C)Br)COC(=O)C(C)(C)Br. The lowest BCUT2D eigenvalue weighted by Crippen LogP contribution is -2.49. The number of hydrogen-bond donors (Lipinski definition) is 5. The summed E-state index contributed by atoms with van der Waals surface area (Å²) in [5.74, 6) is -10.1. The molecule has 0 unspecified atom stereocenters. The van der Waals surface area contributed by atoms with Gasteiger partial charge in [-0.05, 0) is 137 Å². The lowest BCUT2D eigenvalue weighted by atomic mass is 9.82. The maximum absolute atomic E-state index is 14.1. The zero-order chi connectivity index (χ0) is 97.1. The molecule has 0 heterocycles. The molecule has 0 saturated carbocycles. The second-order valence-corrected chi connectivity index (χ2v) is 52.6. The maximum atomic E-state index is 14.1. The molecule has 0 rings (SSSR count). The quantitative estimate of drug-likeness (QED) is 0.0164. The Labute approximate surface area is 815 Å². The van der Waals surface area contributed by atoms with Crippen molar-refractivity contribution in [2.45, 2.75) is 208 Å². The summed E-state index contributed by atoms with van der Waals surface area (Å²) in [6, 6.07) is 0. The number of halogens is 9. The summed E-state index contributed by atoms with van der Waals surface area (Å²) in [5.41, 5.74) is -0.549. The highest BCUT2D eigenvalue weighted by Crippen LogP contribution is 2.34. The molecular formula is C81H130Br9N5O31. The van der Waals surface area contributed by atoms with E-state index in [1.165, 1.54) is 83.1 Å². The number of esters is 9. The monoisotopic (exact) mass is 2380 g/mol. The van der Waals surface area contributed by atoms with Crippen LogP contribution in [-0.2, 0) is 148 Å². The van der Waals surface area contributed by atoms with Gasteiger partial charge >= 0.3 is 53.7 Å². The molecular weight excluding hydrogens is 2260 g/mol. The van der Waals surface area contributed by atoms with Crippen molar-refractivity contribution >= 4 is 232 Å². The number of nitrogens with two attached hydrogens (primary N) is 1. The first-order valence-corrected chi connectivity index (χ1v) is 47.4. The summed E-state index contributed by atoms with van der Waals surface area (Å²) in [6.07, 6.45) is -1.34. The van der Waals surface area contributed by atoms with Crippen molar-refractivity contribution in [2.24, 2.45) is 27.4 Å². The largest absolute Gasteiger partial charge is 0.464 e. The van der Waals surface area contributed by atoms with Gasteiger partial charge in [0.05, 0.1) is 88.9 Å². The lowest BCUT2D eigenvalue weighted by Gasteiger charge is -2.34. The van der Waals surface area contributed by atoms with Crippen molar-refractivity contribution < 1.29 is 148 Å². The molecule has 0 atom stereocenters. The van der Waals surface area contributed by atoms with E-state index >= 15 is 0 Å². The molecule has 0 saturated heterocycles. The normalized spacial score (nSPS) is 12.8. The van der Waals surface area contributed by atoms with Crippen molar-refractivity contribution in [1.82, 2.24) is 21.3 Å². The molecule has 728 valence electrons. The molecule has 0 aliphatic rings. The Morgan fingerprint density at radius 2 is 0.460 bits per heavy atom. The molecule has 126 heavy (non-hydrogen) atoms. The predicted molar refractivity (Wildman–Crippen MR) is 495 cm³/mol. The van der Waals surface area contributed by atoms with Gasteiger partial charge in [0, 0.05) is 70.2 Å². The molecule has 0 bridgehead atoms. The Balaban J connectivity index is 7.45. The zero-order valence-electron chi connectivity index (χ0n) is 75.4. The van der Waals surface area contributed by atoms with E-state index in [4.69, 9.17) is 81.5 Å². The van der Waals surface area contributed by atoms with Gasteiger partial charge in [-0.15, -0.1) is 0 Å². The van der Waals surface area contributed by atoms with Gasteiger partial charge < -0.3 is 103 Å². The molecule has 0 fully saturated rings. The van der Waals surface area contributed by atoms with Crippen molar-refractivity contribution in [3.8, 4) is 0 Å². The van der Waals surface area contributed by atoms with Gasteiger partial charge in [-0.25, -0.2) is 0 Å². The van der Waals surface area contributed by atoms with Crippen LogP contribution in [0.15, 0.2) is 0 Å². The number of Topliss-reactive ketones (excluding diaryl/α,β-unsaturated/α-hetero) is 2. The van der Waals surface area contributed by atoms with Crippen LogP contribution in [0.4, 0.5) is 0 Å². The van der Waals surface area contributed by atoms with Crippen LogP contribution in [0, 0.1) is 21.7 Å². The number of alkyl halides is 9. The van der Waals surface area contributed by atoms with Crippen molar-refractivity contribution in [1.29, 1.82) is 0 Å². The van der Waals surface area contributed by atoms with E-state index in [1.54, 1.807) is 41.5 Å². The third kappa shape index (κ3) is 55.2. The van der Waals surface area contributed by atoms with E-state index in [2.05, 4.69) is 165 Å². The molecule has 0 aliphatic carbocycles. The van der Waals surface area contributed by atoms with Crippen molar-refractivity contribution in [2.75, 3.05) is 185 Å². The van der Waals surface area contributed by atoms with E-state index in [-0.39, 0.29) is 117 Å². The molecule has 45 heteroatoms. The fourth-order valence-electron chi connectivity index (χ4n) is 9.38. The predicted octanol–water partition coefficient (Wildman–Crippen LogP) is 8.79. The summed E-state index contributed by atoms with van der Waals surface area (Å²) in [4.78, 5) is 201. The highest BCUT2D eigenvalue weighted by atomic mass is 79.9. The number of nitrogens with one attached hydrogen (secondary N) is 4. The minimum Gasteiger partial charge on any atom is -0.464 e. The minimum absolute atomic E-state index is 0.0118. The van der Waals surface area contributed by atoms with Crippen LogP contribution in [0.25, 0.3) is 0 Å². The second-order valence-electron chi connectivity index (χ2n) is 34.8. The van der Waals surface area contributed by atoms with Gasteiger partial charge in [-0.1, -0.05) is 143 Å². The van der Waals surface area contributed by atoms with Crippen molar-refractivity contribution in [3.63, 3.8) is 0 Å². The average molecular weight is 2390 g/mol. The topological polar surface area (TPSA) is 478 Å². The van der Waals surface area contributed by atoms with Crippen LogP contribution in [0.5, 0.6) is 0 Å². The Kier molecular flexibility index (Phi) is 56.3. The molecule has 4 amide bonds. The first-order chi connectivity index (χ1) is 57.7. The molecule has 0 spiro atoms. The van der Waals surface area contributed by atoms with E-state index in [9.17, 15) is 71.9 Å². The number of carbonyl (C=O) groups excluding carboxylic acids is 15. The van der Waals surface area contributed by atoms with Gasteiger partial charge in [-0.2, -0.15) is 0 Å². The highest BCUT2D eigenvalue weighted by molar-refractivity contribution is 9.11. The number of ketones is 2. The van der Waals surface area contributed by atoms with Gasteiger partial charge in [0.25, 0.3) is 0 Å². The summed E-state index contributed by atoms with van der Waals surface area (Å²) in [7, 11) is 0. The van der Waals surface area contributed by atoms with E-state index in [0.29, 0.717) is 19.8 Å². The Bertz CT molecular complexity index is 2940. The van der Waals surface area contributed by atoms with Crippen LogP contribution in [0.1, 0.15) is 170 Å². The number of carbonyl (C=O) groups is 15. The Morgan fingerprint density at radius 3 is 0.706 bits per heavy atom. The van der Waals surface area contributed by atoms with Gasteiger partial charge in [0.1, 0.15) is 124 Å². The van der Waals surface area contributed by atoms with E-state index in [0.717, 1.165) is 0 Å². The van der Waals surface area contributed by atoms with Crippen LogP contribution in [0.3, 0.4) is 0 Å². The Morgan fingerprint density at radius 1 is 0.238 bits per heavy atom. The molecule has 6 N–H and O–H groups in total. The smallest absolute Gasteiger partial charge is 0.322 e. The van der Waals surface area contributed by atoms with Crippen LogP contribution < -0.4 is 27.0 Å². The van der Waals surface area contributed by atoms with E-state index < -0.39 is 243 Å². The van der Waals surface area contributed by atoms with Gasteiger partial charge in [-0.3, -0.25) is 71.9 Å². The summed E-state index contributed by atoms with van der Waals surface area (Å²) < 4.78 is 80.6. The molecule has 0 aromatic rings. The molecule has 0 aromatic heterocycles. The molecule has 0 aromatic carbocycles. The van der Waals surface area contributed by atoms with Gasteiger partial charge in [0.15, 0.2) is 5.78 Å². The van der Waals surface area contributed by atoms with Crippen LogP contribution in [-0.4, -0.2) is 313 Å². The minimum atomic E-state index is -1.58. The third-order valence-electron chi connectivity index (χ3n) is 17.2. The number of ether oxygens (including phenoxy) is 16. The fraction of sp³-hybridized carbons (Fsp3) is 0.815. The fourth-order valence-corrected chi connectivity index (χ4v) is 10.4. The lowest BCUT2D eigenvalue weighted by molar-refractivity contribution is -0.172. The van der Waals surface area contributed by atoms with Gasteiger partial charge in [0.2, 0.25) is 23.6 Å². The first-order valence-electron chi connectivity index (χ1n) is 40.3. The second kappa shape index (κ2) is 57.9. The maximum Gasteiger partial charge on any atom is 0.322 e. The number of rotatable bonds is 69. The highest BCUT2D eigenvalue weighted by Gasteiger charge is 2.46. The summed E-state index contributed by atoms with van der Waals surface area (Å²) >= 11 is 29.4. The molecule has 0 radical (unpaired) electrons. The molecule has 0 aliphatic heterocycles.